The molecule has 1 aromatic rings. The van der Waals surface area contributed by atoms with E-state index >= 15 is 0 Å². The van der Waals surface area contributed by atoms with Crippen LogP contribution in [0.1, 0.15) is 38.5 Å². The SMILES string of the molecule is COc1ccc(Cl)c(NCC2CCC3(CCCC3)O2)c1. The van der Waals surface area contributed by atoms with Crippen molar-refractivity contribution in [1.29, 1.82) is 0 Å². The fourth-order valence-electron chi connectivity index (χ4n) is 3.42. The summed E-state index contributed by atoms with van der Waals surface area (Å²) >= 11 is 6.20. The molecular formula is C16H22ClNO2. The van der Waals surface area contributed by atoms with Crippen LogP contribution < -0.4 is 10.1 Å². The average Bonchev–Trinajstić information content (AvgIpc) is 3.09. The maximum atomic E-state index is 6.29. The Balaban J connectivity index is 1.57. The van der Waals surface area contributed by atoms with Crippen LogP contribution in [-0.4, -0.2) is 25.4 Å². The predicted molar refractivity (Wildman–Crippen MR) is 81.8 cm³/mol. The first kappa shape index (κ1) is 14.0. The lowest BCUT2D eigenvalue weighted by molar-refractivity contribution is -0.0307. The van der Waals surface area contributed by atoms with E-state index in [0.29, 0.717) is 6.10 Å². The quantitative estimate of drug-likeness (QED) is 0.900. The smallest absolute Gasteiger partial charge is 0.121 e. The standard InChI is InChI=1S/C16H22ClNO2/c1-19-12-4-5-14(17)15(10-12)18-11-13-6-9-16(20-13)7-2-3-8-16/h4-5,10,13,18H,2-3,6-9,11H2,1H3. The number of benzene rings is 1. The third kappa shape index (κ3) is 2.89. The van der Waals surface area contributed by atoms with Crippen molar-refractivity contribution in [2.45, 2.75) is 50.2 Å². The molecule has 4 heteroatoms. The second kappa shape index (κ2) is 5.82. The zero-order valence-electron chi connectivity index (χ0n) is 12.0. The van der Waals surface area contributed by atoms with E-state index in [9.17, 15) is 0 Å². The molecule has 0 bridgehead atoms. The summed E-state index contributed by atoms with van der Waals surface area (Å²) in [6.45, 7) is 0.814. The van der Waals surface area contributed by atoms with Crippen molar-refractivity contribution >= 4 is 17.3 Å². The molecule has 20 heavy (non-hydrogen) atoms. The lowest BCUT2D eigenvalue weighted by atomic mass is 9.98. The van der Waals surface area contributed by atoms with E-state index in [-0.39, 0.29) is 5.60 Å². The summed E-state index contributed by atoms with van der Waals surface area (Å²) in [7, 11) is 1.66. The molecule has 1 aliphatic carbocycles. The number of methoxy groups -OCH3 is 1. The van der Waals surface area contributed by atoms with Crippen LogP contribution in [0.5, 0.6) is 5.75 Å². The number of anilines is 1. The van der Waals surface area contributed by atoms with E-state index < -0.39 is 0 Å². The summed E-state index contributed by atoms with van der Waals surface area (Å²) in [5, 5.41) is 4.12. The van der Waals surface area contributed by atoms with Crippen molar-refractivity contribution in [1.82, 2.24) is 0 Å². The van der Waals surface area contributed by atoms with Gasteiger partial charge in [0.25, 0.3) is 0 Å². The molecule has 1 atom stereocenters. The third-order valence-electron chi connectivity index (χ3n) is 4.55. The monoisotopic (exact) mass is 295 g/mol. The molecular weight excluding hydrogens is 274 g/mol. The minimum Gasteiger partial charge on any atom is -0.497 e. The molecule has 110 valence electrons. The van der Waals surface area contributed by atoms with Crippen LogP contribution >= 0.6 is 11.6 Å². The average molecular weight is 296 g/mol. The van der Waals surface area contributed by atoms with Gasteiger partial charge in [0.05, 0.1) is 29.5 Å². The van der Waals surface area contributed by atoms with Crippen LogP contribution in [-0.2, 0) is 4.74 Å². The first-order valence-corrected chi connectivity index (χ1v) is 7.84. The first-order chi connectivity index (χ1) is 9.71. The molecule has 0 radical (unpaired) electrons. The number of nitrogens with one attached hydrogen (secondary N) is 1. The van der Waals surface area contributed by atoms with Gasteiger partial charge in [-0.15, -0.1) is 0 Å². The molecule has 3 rings (SSSR count). The van der Waals surface area contributed by atoms with Crippen molar-refractivity contribution in [3.8, 4) is 5.75 Å². The molecule has 0 aromatic heterocycles. The fourth-order valence-corrected chi connectivity index (χ4v) is 3.60. The highest BCUT2D eigenvalue weighted by molar-refractivity contribution is 6.33. The summed E-state index contributed by atoms with van der Waals surface area (Å²) in [5.74, 6) is 0.816. The van der Waals surface area contributed by atoms with Crippen LogP contribution in [0.15, 0.2) is 18.2 Å². The second-order valence-corrected chi connectivity index (χ2v) is 6.30. The minimum absolute atomic E-state index is 0.199. The largest absolute Gasteiger partial charge is 0.497 e. The van der Waals surface area contributed by atoms with Gasteiger partial charge in [0, 0.05) is 12.6 Å². The highest BCUT2D eigenvalue weighted by Crippen LogP contribution is 2.43. The molecule has 0 amide bonds. The zero-order valence-corrected chi connectivity index (χ0v) is 12.7. The maximum Gasteiger partial charge on any atom is 0.121 e. The molecule has 1 aliphatic heterocycles. The highest BCUT2D eigenvalue weighted by atomic mass is 35.5. The molecule has 1 saturated carbocycles. The van der Waals surface area contributed by atoms with Gasteiger partial charge < -0.3 is 14.8 Å². The minimum atomic E-state index is 0.199. The van der Waals surface area contributed by atoms with Crippen molar-refractivity contribution < 1.29 is 9.47 Å². The third-order valence-corrected chi connectivity index (χ3v) is 4.88. The molecule has 3 nitrogen and oxygen atoms in total. The molecule has 1 N–H and O–H groups in total. The summed E-state index contributed by atoms with van der Waals surface area (Å²) in [6, 6.07) is 5.66. The molecule has 2 fully saturated rings. The Morgan fingerprint density at radius 3 is 2.90 bits per heavy atom. The lowest BCUT2D eigenvalue weighted by Crippen LogP contribution is -2.27. The second-order valence-electron chi connectivity index (χ2n) is 5.90. The van der Waals surface area contributed by atoms with Gasteiger partial charge >= 0.3 is 0 Å². The van der Waals surface area contributed by atoms with Gasteiger partial charge in [0.2, 0.25) is 0 Å². The first-order valence-electron chi connectivity index (χ1n) is 7.46. The summed E-state index contributed by atoms with van der Waals surface area (Å²) in [6.07, 6.45) is 7.78. The van der Waals surface area contributed by atoms with Gasteiger partial charge in [-0.05, 0) is 37.8 Å². The number of rotatable bonds is 4. The Morgan fingerprint density at radius 1 is 1.35 bits per heavy atom. The fraction of sp³-hybridized carbons (Fsp3) is 0.625. The molecule has 2 aliphatic rings. The molecule has 1 aromatic carbocycles. The van der Waals surface area contributed by atoms with E-state index in [1.54, 1.807) is 7.11 Å². The van der Waals surface area contributed by atoms with Crippen molar-refractivity contribution in [2.24, 2.45) is 0 Å². The van der Waals surface area contributed by atoms with Crippen LogP contribution in [0, 0.1) is 0 Å². The predicted octanol–water partition coefficient (Wildman–Crippen LogP) is 4.25. The maximum absolute atomic E-state index is 6.29. The van der Waals surface area contributed by atoms with Crippen LogP contribution in [0.25, 0.3) is 0 Å². The zero-order chi connectivity index (χ0) is 14.0. The van der Waals surface area contributed by atoms with Crippen LogP contribution in [0.4, 0.5) is 5.69 Å². The summed E-state index contributed by atoms with van der Waals surface area (Å²) in [5.41, 5.74) is 1.12. The van der Waals surface area contributed by atoms with Crippen molar-refractivity contribution in [3.05, 3.63) is 23.2 Å². The van der Waals surface area contributed by atoms with Crippen molar-refractivity contribution in [2.75, 3.05) is 19.0 Å². The summed E-state index contributed by atoms with van der Waals surface area (Å²) < 4.78 is 11.5. The summed E-state index contributed by atoms with van der Waals surface area (Å²) in [4.78, 5) is 0. The highest BCUT2D eigenvalue weighted by Gasteiger charge is 2.41. The van der Waals surface area contributed by atoms with Crippen LogP contribution in [0.3, 0.4) is 0 Å². The topological polar surface area (TPSA) is 30.5 Å². The normalized spacial score (nSPS) is 24.2. The van der Waals surface area contributed by atoms with Gasteiger partial charge in [-0.25, -0.2) is 0 Å². The molecule has 1 unspecified atom stereocenters. The van der Waals surface area contributed by atoms with Crippen molar-refractivity contribution in [3.63, 3.8) is 0 Å². The van der Waals surface area contributed by atoms with Gasteiger partial charge in [-0.2, -0.15) is 0 Å². The van der Waals surface area contributed by atoms with Gasteiger partial charge in [-0.1, -0.05) is 24.4 Å². The lowest BCUT2D eigenvalue weighted by Gasteiger charge is -2.24. The Bertz CT molecular complexity index is 472. The van der Waals surface area contributed by atoms with E-state index in [0.717, 1.165) is 29.4 Å². The molecule has 1 saturated heterocycles. The Labute approximate surface area is 125 Å². The Morgan fingerprint density at radius 2 is 2.15 bits per heavy atom. The Kier molecular flexibility index (Phi) is 4.08. The van der Waals surface area contributed by atoms with Gasteiger partial charge in [-0.3, -0.25) is 0 Å². The molecule has 1 spiro atoms. The number of halogens is 1. The number of hydrogen-bond acceptors (Lipinski definition) is 3. The van der Waals surface area contributed by atoms with E-state index in [4.69, 9.17) is 21.1 Å². The van der Waals surface area contributed by atoms with E-state index in [1.165, 1.54) is 32.1 Å². The van der Waals surface area contributed by atoms with Gasteiger partial charge in [0.1, 0.15) is 5.75 Å². The van der Waals surface area contributed by atoms with Gasteiger partial charge in [0.15, 0.2) is 0 Å². The number of ether oxygens (including phenoxy) is 2. The van der Waals surface area contributed by atoms with Crippen LogP contribution in [0.2, 0.25) is 5.02 Å². The van der Waals surface area contributed by atoms with E-state index in [1.807, 2.05) is 18.2 Å². The van der Waals surface area contributed by atoms with E-state index in [2.05, 4.69) is 5.32 Å². The molecule has 1 heterocycles. The Hall–Kier alpha value is -0.930. The number of hydrogen-bond donors (Lipinski definition) is 1.